The predicted octanol–water partition coefficient (Wildman–Crippen LogP) is 4.81. The highest BCUT2D eigenvalue weighted by molar-refractivity contribution is 5.98. The zero-order valence-corrected chi connectivity index (χ0v) is 11.3. The topological polar surface area (TPSA) is 17.1 Å². The van der Waals surface area contributed by atoms with Crippen LogP contribution < -0.4 is 0 Å². The van der Waals surface area contributed by atoms with Crippen LogP contribution in [0.4, 0.5) is 0 Å². The molecule has 2 rings (SSSR count). The van der Waals surface area contributed by atoms with E-state index in [1.54, 1.807) is 0 Å². The summed E-state index contributed by atoms with van der Waals surface area (Å²) in [5, 5.41) is 0. The van der Waals surface area contributed by atoms with Crippen LogP contribution >= 0.6 is 0 Å². The predicted molar refractivity (Wildman–Crippen MR) is 72.0 cm³/mol. The minimum absolute atomic E-state index is 0.488. The third kappa shape index (κ3) is 3.43. The standard InChI is InChI=1S/C16H26O/c1-2-3-4-5-8-13-11-15(16(17)12-13)14-9-6-7-10-14/h13H,2-12H2,1H3. The van der Waals surface area contributed by atoms with Gasteiger partial charge in [-0.15, -0.1) is 0 Å². The van der Waals surface area contributed by atoms with Crippen LogP contribution in [0.2, 0.25) is 0 Å². The van der Waals surface area contributed by atoms with E-state index in [0.29, 0.717) is 11.7 Å². The van der Waals surface area contributed by atoms with Crippen LogP contribution in [-0.4, -0.2) is 5.78 Å². The molecule has 0 aliphatic heterocycles. The van der Waals surface area contributed by atoms with Crippen molar-refractivity contribution in [3.63, 3.8) is 0 Å². The van der Waals surface area contributed by atoms with Gasteiger partial charge >= 0.3 is 0 Å². The summed E-state index contributed by atoms with van der Waals surface area (Å²) >= 11 is 0. The van der Waals surface area contributed by atoms with Gasteiger partial charge in [0.15, 0.2) is 5.78 Å². The summed E-state index contributed by atoms with van der Waals surface area (Å²) in [5.74, 6) is 1.17. The molecule has 2 aliphatic rings. The lowest BCUT2D eigenvalue weighted by Crippen LogP contribution is -1.95. The fraction of sp³-hybridized carbons (Fsp3) is 0.812. The first kappa shape index (κ1) is 12.9. The molecular formula is C16H26O. The highest BCUT2D eigenvalue weighted by Crippen LogP contribution is 2.37. The Morgan fingerprint density at radius 3 is 2.53 bits per heavy atom. The van der Waals surface area contributed by atoms with Crippen LogP contribution in [0.1, 0.15) is 77.6 Å². The number of hydrogen-bond acceptors (Lipinski definition) is 1. The van der Waals surface area contributed by atoms with Gasteiger partial charge in [0.2, 0.25) is 0 Å². The Morgan fingerprint density at radius 2 is 1.82 bits per heavy atom. The molecule has 0 bridgehead atoms. The molecule has 2 aliphatic carbocycles. The molecule has 0 spiro atoms. The fourth-order valence-corrected chi connectivity index (χ4v) is 3.37. The normalized spacial score (nSPS) is 25.0. The molecule has 1 heteroatoms. The van der Waals surface area contributed by atoms with E-state index in [-0.39, 0.29) is 0 Å². The Balaban J connectivity index is 1.80. The molecule has 0 radical (unpaired) electrons. The number of carbonyl (C=O) groups excluding carboxylic acids is 1. The third-order valence-corrected chi connectivity index (χ3v) is 4.40. The largest absolute Gasteiger partial charge is 0.295 e. The fourth-order valence-electron chi connectivity index (χ4n) is 3.37. The van der Waals surface area contributed by atoms with Crippen LogP contribution in [0.5, 0.6) is 0 Å². The summed E-state index contributed by atoms with van der Waals surface area (Å²) < 4.78 is 0. The summed E-state index contributed by atoms with van der Waals surface area (Å²) in [4.78, 5) is 12.0. The van der Waals surface area contributed by atoms with E-state index < -0.39 is 0 Å². The van der Waals surface area contributed by atoms with Crippen LogP contribution in [-0.2, 0) is 4.79 Å². The summed E-state index contributed by atoms with van der Waals surface area (Å²) in [6, 6.07) is 0. The second-order valence-electron chi connectivity index (χ2n) is 5.84. The van der Waals surface area contributed by atoms with Crippen molar-refractivity contribution in [2.45, 2.75) is 77.6 Å². The van der Waals surface area contributed by atoms with Crippen molar-refractivity contribution in [1.82, 2.24) is 0 Å². The van der Waals surface area contributed by atoms with Gasteiger partial charge in [0, 0.05) is 6.42 Å². The van der Waals surface area contributed by atoms with Crippen molar-refractivity contribution in [2.75, 3.05) is 0 Å². The Bertz CT molecular complexity index is 293. The second-order valence-corrected chi connectivity index (χ2v) is 5.84. The van der Waals surface area contributed by atoms with Gasteiger partial charge in [-0.1, -0.05) is 38.2 Å². The molecule has 0 N–H and O–H groups in total. The van der Waals surface area contributed by atoms with Crippen molar-refractivity contribution in [3.8, 4) is 0 Å². The van der Waals surface area contributed by atoms with Gasteiger partial charge in [0.1, 0.15) is 0 Å². The molecule has 0 aromatic heterocycles. The lowest BCUT2D eigenvalue weighted by molar-refractivity contribution is -0.114. The molecule has 96 valence electrons. The molecule has 0 saturated heterocycles. The van der Waals surface area contributed by atoms with Crippen molar-refractivity contribution in [2.24, 2.45) is 5.92 Å². The number of ketones is 1. The lowest BCUT2D eigenvalue weighted by atomic mass is 9.98. The molecular weight excluding hydrogens is 208 g/mol. The maximum Gasteiger partial charge on any atom is 0.159 e. The maximum atomic E-state index is 12.0. The van der Waals surface area contributed by atoms with Gasteiger partial charge in [-0.25, -0.2) is 0 Å². The van der Waals surface area contributed by atoms with Gasteiger partial charge in [-0.05, 0) is 50.0 Å². The summed E-state index contributed by atoms with van der Waals surface area (Å²) in [5.41, 5.74) is 2.77. The summed E-state index contributed by atoms with van der Waals surface area (Å²) in [7, 11) is 0. The van der Waals surface area contributed by atoms with Crippen molar-refractivity contribution >= 4 is 5.78 Å². The molecule has 1 unspecified atom stereocenters. The van der Waals surface area contributed by atoms with Crippen LogP contribution in [0.25, 0.3) is 0 Å². The van der Waals surface area contributed by atoms with Gasteiger partial charge in [-0.3, -0.25) is 4.79 Å². The quantitative estimate of drug-likeness (QED) is 0.493. The van der Waals surface area contributed by atoms with Crippen molar-refractivity contribution in [1.29, 1.82) is 0 Å². The Morgan fingerprint density at radius 1 is 1.06 bits per heavy atom. The highest BCUT2D eigenvalue weighted by Gasteiger charge is 2.29. The molecule has 2 saturated carbocycles. The Labute approximate surface area is 106 Å². The summed E-state index contributed by atoms with van der Waals surface area (Å²) in [6.07, 6.45) is 13.6. The molecule has 1 nitrogen and oxygen atoms in total. The van der Waals surface area contributed by atoms with Crippen LogP contribution in [0, 0.1) is 5.92 Å². The first-order valence-electron chi connectivity index (χ1n) is 7.55. The zero-order chi connectivity index (χ0) is 12.1. The monoisotopic (exact) mass is 234 g/mol. The zero-order valence-electron chi connectivity index (χ0n) is 11.3. The Kier molecular flexibility index (Phi) is 4.82. The molecule has 17 heavy (non-hydrogen) atoms. The van der Waals surface area contributed by atoms with Crippen molar-refractivity contribution in [3.05, 3.63) is 11.1 Å². The van der Waals surface area contributed by atoms with Gasteiger partial charge in [0.05, 0.1) is 0 Å². The van der Waals surface area contributed by atoms with E-state index in [1.165, 1.54) is 68.9 Å². The van der Waals surface area contributed by atoms with E-state index in [1.807, 2.05) is 0 Å². The number of unbranched alkanes of at least 4 members (excludes halogenated alkanes) is 3. The van der Waals surface area contributed by atoms with E-state index in [0.717, 1.165) is 12.8 Å². The van der Waals surface area contributed by atoms with E-state index >= 15 is 0 Å². The molecule has 0 amide bonds. The van der Waals surface area contributed by atoms with Crippen LogP contribution in [0.3, 0.4) is 0 Å². The van der Waals surface area contributed by atoms with Gasteiger partial charge < -0.3 is 0 Å². The average molecular weight is 234 g/mol. The van der Waals surface area contributed by atoms with E-state index in [9.17, 15) is 4.79 Å². The maximum absolute atomic E-state index is 12.0. The molecule has 0 aromatic carbocycles. The highest BCUT2D eigenvalue weighted by atomic mass is 16.1. The van der Waals surface area contributed by atoms with Crippen LogP contribution in [0.15, 0.2) is 11.1 Å². The Hall–Kier alpha value is -0.590. The number of allylic oxidation sites excluding steroid dienone is 2. The van der Waals surface area contributed by atoms with Gasteiger partial charge in [0.25, 0.3) is 0 Å². The van der Waals surface area contributed by atoms with Gasteiger partial charge in [-0.2, -0.15) is 0 Å². The van der Waals surface area contributed by atoms with E-state index in [2.05, 4.69) is 6.92 Å². The average Bonchev–Trinajstić information content (AvgIpc) is 2.93. The van der Waals surface area contributed by atoms with E-state index in [4.69, 9.17) is 0 Å². The number of carbonyl (C=O) groups is 1. The number of rotatable bonds is 5. The molecule has 2 fully saturated rings. The minimum Gasteiger partial charge on any atom is -0.295 e. The minimum atomic E-state index is 0.488. The molecule has 1 atom stereocenters. The second kappa shape index (κ2) is 6.37. The number of hydrogen-bond donors (Lipinski definition) is 0. The smallest absolute Gasteiger partial charge is 0.159 e. The lowest BCUT2D eigenvalue weighted by Gasteiger charge is -2.07. The third-order valence-electron chi connectivity index (χ3n) is 4.40. The molecule has 0 aromatic rings. The first-order valence-corrected chi connectivity index (χ1v) is 7.55. The summed E-state index contributed by atoms with van der Waals surface area (Å²) in [6.45, 7) is 2.25. The number of Topliss-reactive ketones (excluding diaryl/α,β-unsaturated/α-hetero) is 1. The SMILES string of the molecule is CCCCCCC1CC(=O)C(=C2CCCC2)C1. The molecule has 0 heterocycles. The van der Waals surface area contributed by atoms with Crippen molar-refractivity contribution < 1.29 is 4.79 Å². The first-order chi connectivity index (χ1) is 8.31.